The van der Waals surface area contributed by atoms with E-state index in [1.807, 2.05) is 0 Å². The second-order valence-corrected chi connectivity index (χ2v) is 6.59. The van der Waals surface area contributed by atoms with Gasteiger partial charge in [0.05, 0.1) is 24.9 Å². The van der Waals surface area contributed by atoms with Gasteiger partial charge in [-0.2, -0.15) is 8.78 Å². The van der Waals surface area contributed by atoms with Crippen molar-refractivity contribution in [3.63, 3.8) is 0 Å². The fourth-order valence-electron chi connectivity index (χ4n) is 2.84. The van der Waals surface area contributed by atoms with E-state index in [0.29, 0.717) is 5.69 Å². The molecule has 0 radical (unpaired) electrons. The van der Waals surface area contributed by atoms with E-state index in [-0.39, 0.29) is 18.8 Å². The number of amides is 1. The number of carbonyl (C=O) groups is 1. The van der Waals surface area contributed by atoms with Gasteiger partial charge in [0.15, 0.2) is 5.60 Å². The number of nitrogens with one attached hydrogen (secondary N) is 1. The van der Waals surface area contributed by atoms with E-state index in [1.54, 1.807) is 35.8 Å². The third kappa shape index (κ3) is 4.16. The first kappa shape index (κ1) is 20.2. The van der Waals surface area contributed by atoms with Crippen LogP contribution in [0.15, 0.2) is 42.6 Å². The van der Waals surface area contributed by atoms with Crippen molar-refractivity contribution < 1.29 is 32.9 Å². The highest BCUT2D eigenvalue weighted by atomic mass is 19.3. The Morgan fingerprint density at radius 1 is 1.18 bits per heavy atom. The number of alkyl halides is 3. The summed E-state index contributed by atoms with van der Waals surface area (Å²) in [4.78, 5) is 15.3. The highest BCUT2D eigenvalue weighted by molar-refractivity contribution is 5.79. The van der Waals surface area contributed by atoms with Gasteiger partial charge in [-0.15, -0.1) is 0 Å². The number of nitrogens with zero attached hydrogens (tertiary/aromatic N) is 1. The molecule has 1 aliphatic heterocycles. The van der Waals surface area contributed by atoms with E-state index >= 15 is 0 Å². The standard InChI is InChI=1S/C19H19F3N2O4/c20-7-14(24-18(26)17(21)22)16(25)12-3-1-11(2-4-12)13-5-6-15(23-8-13)19(27)9-28-10-19/h1-6,8,14,16-17,25,27H,7,9-10H2,(H,24,26)/t14-,16-/m1/s1. The molecule has 9 heteroatoms. The summed E-state index contributed by atoms with van der Waals surface area (Å²) in [5.41, 5.74) is 1.22. The number of rotatable bonds is 7. The van der Waals surface area contributed by atoms with Crippen LogP contribution in [0.3, 0.4) is 0 Å². The zero-order valence-corrected chi connectivity index (χ0v) is 14.7. The Bertz CT molecular complexity index is 811. The van der Waals surface area contributed by atoms with Gasteiger partial charge in [0.25, 0.3) is 5.91 Å². The SMILES string of the molecule is O=C(N[C@H](CF)[C@H](O)c1ccc(-c2ccc(C3(O)COC3)nc2)cc1)C(F)F. The number of carbonyl (C=O) groups excluding carboxylic acids is 1. The summed E-state index contributed by atoms with van der Waals surface area (Å²) >= 11 is 0. The molecule has 6 nitrogen and oxygen atoms in total. The van der Waals surface area contributed by atoms with Gasteiger partial charge in [-0.1, -0.05) is 30.3 Å². The van der Waals surface area contributed by atoms with Gasteiger partial charge in [0, 0.05) is 11.8 Å². The first-order chi connectivity index (χ1) is 13.3. The van der Waals surface area contributed by atoms with Crippen LogP contribution < -0.4 is 5.32 Å². The first-order valence-electron chi connectivity index (χ1n) is 8.53. The van der Waals surface area contributed by atoms with E-state index in [4.69, 9.17) is 4.74 Å². The van der Waals surface area contributed by atoms with Crippen LogP contribution >= 0.6 is 0 Å². The van der Waals surface area contributed by atoms with Crippen molar-refractivity contribution in [2.45, 2.75) is 24.2 Å². The molecule has 0 spiro atoms. The fourth-order valence-corrected chi connectivity index (χ4v) is 2.84. The number of ether oxygens (including phenoxy) is 1. The van der Waals surface area contributed by atoms with Crippen molar-refractivity contribution in [2.75, 3.05) is 19.9 Å². The molecule has 28 heavy (non-hydrogen) atoms. The number of hydrogen-bond acceptors (Lipinski definition) is 5. The third-order valence-corrected chi connectivity index (χ3v) is 4.58. The second kappa shape index (κ2) is 8.26. The number of aromatic nitrogens is 1. The molecule has 0 unspecified atom stereocenters. The maximum absolute atomic E-state index is 13.1. The third-order valence-electron chi connectivity index (χ3n) is 4.58. The summed E-state index contributed by atoms with van der Waals surface area (Å²) in [6, 6.07) is 8.33. The molecule has 1 fully saturated rings. The van der Waals surface area contributed by atoms with Gasteiger partial charge < -0.3 is 20.3 Å². The number of pyridine rings is 1. The summed E-state index contributed by atoms with van der Waals surface area (Å²) in [5.74, 6) is -1.64. The largest absolute Gasteiger partial charge is 0.386 e. The van der Waals surface area contributed by atoms with E-state index < -0.39 is 36.8 Å². The maximum Gasteiger partial charge on any atom is 0.315 e. The number of halogens is 3. The van der Waals surface area contributed by atoms with Crippen LogP contribution in [0, 0.1) is 0 Å². The molecule has 1 aromatic heterocycles. The van der Waals surface area contributed by atoms with Gasteiger partial charge in [-0.05, 0) is 17.2 Å². The van der Waals surface area contributed by atoms with Gasteiger partial charge >= 0.3 is 6.43 Å². The lowest BCUT2D eigenvalue weighted by atomic mass is 9.95. The number of aliphatic hydroxyl groups is 2. The van der Waals surface area contributed by atoms with Crippen molar-refractivity contribution in [3.05, 3.63) is 53.9 Å². The van der Waals surface area contributed by atoms with Crippen molar-refractivity contribution in [1.82, 2.24) is 10.3 Å². The lowest BCUT2D eigenvalue weighted by Gasteiger charge is -2.35. The second-order valence-electron chi connectivity index (χ2n) is 6.59. The van der Waals surface area contributed by atoms with Crippen molar-refractivity contribution in [3.8, 4) is 11.1 Å². The van der Waals surface area contributed by atoms with E-state index in [2.05, 4.69) is 4.98 Å². The highest BCUT2D eigenvalue weighted by Gasteiger charge is 2.39. The summed E-state index contributed by atoms with van der Waals surface area (Å²) < 4.78 is 42.7. The first-order valence-corrected chi connectivity index (χ1v) is 8.53. The summed E-state index contributed by atoms with van der Waals surface area (Å²) in [6.45, 7) is -0.799. The Morgan fingerprint density at radius 3 is 2.29 bits per heavy atom. The van der Waals surface area contributed by atoms with Crippen LogP contribution in [0.5, 0.6) is 0 Å². The Kier molecular flexibility index (Phi) is 5.97. The molecule has 0 aliphatic carbocycles. The molecule has 150 valence electrons. The average molecular weight is 396 g/mol. The average Bonchev–Trinajstić information content (AvgIpc) is 2.69. The maximum atomic E-state index is 13.1. The molecule has 2 atom stereocenters. The molecule has 1 amide bonds. The summed E-state index contributed by atoms with van der Waals surface area (Å²) in [6.07, 6.45) is -3.18. The van der Waals surface area contributed by atoms with Gasteiger partial charge in [0.2, 0.25) is 0 Å². The van der Waals surface area contributed by atoms with Crippen molar-refractivity contribution in [2.24, 2.45) is 0 Å². The molecule has 1 aliphatic rings. The molecular weight excluding hydrogens is 377 g/mol. The number of benzene rings is 1. The Balaban J connectivity index is 1.71. The number of hydrogen-bond donors (Lipinski definition) is 3. The van der Waals surface area contributed by atoms with Gasteiger partial charge in [-0.25, -0.2) is 4.39 Å². The molecule has 1 saturated heterocycles. The molecule has 2 heterocycles. The Morgan fingerprint density at radius 2 is 1.82 bits per heavy atom. The van der Waals surface area contributed by atoms with E-state index in [0.717, 1.165) is 11.1 Å². The predicted molar refractivity (Wildman–Crippen MR) is 93.3 cm³/mol. The smallest absolute Gasteiger partial charge is 0.315 e. The summed E-state index contributed by atoms with van der Waals surface area (Å²) in [5, 5.41) is 22.2. The lowest BCUT2D eigenvalue weighted by Crippen LogP contribution is -2.47. The van der Waals surface area contributed by atoms with Crippen LogP contribution in [0.2, 0.25) is 0 Å². The molecule has 3 rings (SSSR count). The monoisotopic (exact) mass is 396 g/mol. The molecule has 3 N–H and O–H groups in total. The van der Waals surface area contributed by atoms with E-state index in [1.165, 1.54) is 12.1 Å². The minimum atomic E-state index is -3.29. The van der Waals surface area contributed by atoms with Gasteiger partial charge in [-0.3, -0.25) is 9.78 Å². The minimum absolute atomic E-state index is 0.198. The van der Waals surface area contributed by atoms with Crippen LogP contribution in [0.1, 0.15) is 17.4 Å². The topological polar surface area (TPSA) is 91.7 Å². The molecule has 0 bridgehead atoms. The van der Waals surface area contributed by atoms with Crippen LogP contribution in [0.4, 0.5) is 13.2 Å². The zero-order chi connectivity index (χ0) is 20.3. The minimum Gasteiger partial charge on any atom is -0.386 e. The van der Waals surface area contributed by atoms with Crippen LogP contribution in [-0.2, 0) is 15.1 Å². The highest BCUT2D eigenvalue weighted by Crippen LogP contribution is 2.29. The lowest BCUT2D eigenvalue weighted by molar-refractivity contribution is -0.186. The molecule has 1 aromatic carbocycles. The normalized spacial score (nSPS) is 17.6. The predicted octanol–water partition coefficient (Wildman–Crippen LogP) is 1.72. The number of aliphatic hydroxyl groups excluding tert-OH is 1. The Hall–Kier alpha value is -2.49. The van der Waals surface area contributed by atoms with Crippen molar-refractivity contribution >= 4 is 5.91 Å². The fraction of sp³-hybridized carbons (Fsp3) is 0.368. The van der Waals surface area contributed by atoms with Crippen molar-refractivity contribution in [1.29, 1.82) is 0 Å². The van der Waals surface area contributed by atoms with Gasteiger partial charge in [0.1, 0.15) is 12.8 Å². The molecule has 0 saturated carbocycles. The molecule has 2 aromatic rings. The quantitative estimate of drug-likeness (QED) is 0.663. The molecular formula is C19H19F3N2O4. The van der Waals surface area contributed by atoms with E-state index in [9.17, 15) is 28.2 Å². The summed E-state index contributed by atoms with van der Waals surface area (Å²) in [7, 11) is 0. The zero-order valence-electron chi connectivity index (χ0n) is 14.7. The Labute approximate surface area is 159 Å². The van der Waals surface area contributed by atoms with Crippen LogP contribution in [0.25, 0.3) is 11.1 Å². The van der Waals surface area contributed by atoms with Crippen LogP contribution in [-0.4, -0.2) is 53.5 Å².